The third-order valence-electron chi connectivity index (χ3n) is 3.51. The molecule has 0 rings (SSSR count). The minimum atomic E-state index is -0.0834. The molecule has 0 amide bonds. The molecular formula is C18H39NO. The topological polar surface area (TPSA) is 32.3 Å². The molecule has 0 aliphatic carbocycles. The van der Waals surface area contributed by atoms with Gasteiger partial charge in [0.1, 0.15) is 0 Å². The highest BCUT2D eigenvalue weighted by Gasteiger charge is 2.11. The molecule has 0 saturated heterocycles. The van der Waals surface area contributed by atoms with Gasteiger partial charge >= 0.3 is 0 Å². The number of hydrogen-bond acceptors (Lipinski definition) is 2. The average molecular weight is 286 g/mol. The van der Waals surface area contributed by atoms with Crippen molar-refractivity contribution < 1.29 is 5.11 Å². The summed E-state index contributed by atoms with van der Waals surface area (Å²) in [6.45, 7) is 15.8. The number of aliphatic hydroxyl groups excluding tert-OH is 1. The highest BCUT2D eigenvalue weighted by molar-refractivity contribution is 4.66. The van der Waals surface area contributed by atoms with Gasteiger partial charge in [0.2, 0.25) is 0 Å². The summed E-state index contributed by atoms with van der Waals surface area (Å²) in [7, 11) is 0. The van der Waals surface area contributed by atoms with Crippen LogP contribution in [0.3, 0.4) is 0 Å². The minimum Gasteiger partial charge on any atom is -0.393 e. The van der Waals surface area contributed by atoms with E-state index in [-0.39, 0.29) is 6.10 Å². The third kappa shape index (κ3) is 16.0. The fourth-order valence-corrected chi connectivity index (χ4v) is 2.28. The highest BCUT2D eigenvalue weighted by atomic mass is 16.3. The van der Waals surface area contributed by atoms with E-state index in [0.717, 1.165) is 38.8 Å². The second-order valence-corrected chi connectivity index (χ2v) is 8.69. The van der Waals surface area contributed by atoms with Gasteiger partial charge in [-0.1, -0.05) is 60.8 Å². The lowest BCUT2D eigenvalue weighted by Crippen LogP contribution is -2.27. The summed E-state index contributed by atoms with van der Waals surface area (Å²) in [6, 6.07) is 0. The smallest absolute Gasteiger partial charge is 0.0540 e. The second kappa shape index (κ2) is 9.78. The van der Waals surface area contributed by atoms with E-state index < -0.39 is 0 Å². The van der Waals surface area contributed by atoms with Crippen LogP contribution in [0, 0.1) is 10.8 Å². The summed E-state index contributed by atoms with van der Waals surface area (Å²) in [5.41, 5.74) is 0.779. The molecule has 1 atom stereocenters. The Morgan fingerprint density at radius 1 is 0.800 bits per heavy atom. The lowest BCUT2D eigenvalue weighted by molar-refractivity contribution is 0.143. The lowest BCUT2D eigenvalue weighted by Gasteiger charge is -2.19. The number of rotatable bonds is 10. The molecule has 0 aliphatic heterocycles. The van der Waals surface area contributed by atoms with Crippen LogP contribution >= 0.6 is 0 Å². The van der Waals surface area contributed by atoms with Crippen molar-refractivity contribution in [2.24, 2.45) is 10.8 Å². The molecule has 2 N–H and O–H groups in total. The predicted molar refractivity (Wildman–Crippen MR) is 90.1 cm³/mol. The fraction of sp³-hybridized carbons (Fsp3) is 1.00. The van der Waals surface area contributed by atoms with Gasteiger partial charge in [0, 0.05) is 0 Å². The Labute approximate surface area is 127 Å². The van der Waals surface area contributed by atoms with Gasteiger partial charge in [-0.05, 0) is 49.6 Å². The SMILES string of the molecule is CC(C)(C)CCC[C@@H](O)CCCCCNCC(C)(C)C. The molecule has 0 aromatic heterocycles. The first-order chi connectivity index (χ1) is 9.10. The fourth-order valence-electron chi connectivity index (χ4n) is 2.28. The quantitative estimate of drug-likeness (QED) is 0.567. The zero-order chi connectivity index (χ0) is 15.6. The molecule has 0 saturated carbocycles. The van der Waals surface area contributed by atoms with Crippen molar-refractivity contribution in [2.45, 2.75) is 92.6 Å². The molecule has 0 fully saturated rings. The molecule has 0 bridgehead atoms. The first kappa shape index (κ1) is 19.9. The van der Waals surface area contributed by atoms with Crippen LogP contribution in [0.1, 0.15) is 86.5 Å². The Hall–Kier alpha value is -0.0800. The van der Waals surface area contributed by atoms with Crippen LogP contribution in [0.5, 0.6) is 0 Å². The zero-order valence-corrected chi connectivity index (χ0v) is 14.9. The Kier molecular flexibility index (Phi) is 9.74. The summed E-state index contributed by atoms with van der Waals surface area (Å²) in [5.74, 6) is 0. The Morgan fingerprint density at radius 3 is 1.95 bits per heavy atom. The van der Waals surface area contributed by atoms with Crippen molar-refractivity contribution in [3.8, 4) is 0 Å². The summed E-state index contributed by atoms with van der Waals surface area (Å²) < 4.78 is 0. The molecule has 0 aromatic carbocycles. The predicted octanol–water partition coefficient (Wildman–Crippen LogP) is 4.76. The third-order valence-corrected chi connectivity index (χ3v) is 3.51. The van der Waals surface area contributed by atoms with E-state index in [2.05, 4.69) is 46.9 Å². The van der Waals surface area contributed by atoms with Crippen LogP contribution in [0.15, 0.2) is 0 Å². The Balaban J connectivity index is 3.34. The van der Waals surface area contributed by atoms with Crippen LogP contribution in [-0.4, -0.2) is 24.3 Å². The summed E-state index contributed by atoms with van der Waals surface area (Å²) in [6.07, 6.45) is 7.84. The standard InChI is InChI=1S/C18H39NO/c1-17(2,3)13-10-12-16(20)11-8-7-9-14-19-15-18(4,5)6/h16,19-20H,7-15H2,1-6H3/t16-/m0/s1. The molecule has 122 valence electrons. The van der Waals surface area contributed by atoms with E-state index in [0.29, 0.717) is 10.8 Å². The number of hydrogen-bond donors (Lipinski definition) is 2. The van der Waals surface area contributed by atoms with Crippen LogP contribution in [0.4, 0.5) is 0 Å². The number of nitrogens with one attached hydrogen (secondary N) is 1. The molecule has 20 heavy (non-hydrogen) atoms. The van der Waals surface area contributed by atoms with Gasteiger partial charge in [-0.3, -0.25) is 0 Å². The molecule has 0 radical (unpaired) electrons. The molecule has 2 nitrogen and oxygen atoms in total. The van der Waals surface area contributed by atoms with E-state index in [1.54, 1.807) is 0 Å². The van der Waals surface area contributed by atoms with Gasteiger partial charge < -0.3 is 10.4 Å². The van der Waals surface area contributed by atoms with Gasteiger partial charge in [0.15, 0.2) is 0 Å². The summed E-state index contributed by atoms with van der Waals surface area (Å²) >= 11 is 0. The first-order valence-electron chi connectivity index (χ1n) is 8.49. The van der Waals surface area contributed by atoms with Crippen LogP contribution in [0.25, 0.3) is 0 Å². The normalized spacial score (nSPS) is 14.6. The van der Waals surface area contributed by atoms with Gasteiger partial charge in [0.25, 0.3) is 0 Å². The first-order valence-corrected chi connectivity index (χ1v) is 8.49. The average Bonchev–Trinajstić information content (AvgIpc) is 2.24. The molecule has 0 heterocycles. The second-order valence-electron chi connectivity index (χ2n) is 8.69. The highest BCUT2D eigenvalue weighted by Crippen LogP contribution is 2.22. The van der Waals surface area contributed by atoms with Gasteiger partial charge in [-0.2, -0.15) is 0 Å². The Bertz CT molecular complexity index is 225. The van der Waals surface area contributed by atoms with Crippen molar-refractivity contribution >= 4 is 0 Å². The van der Waals surface area contributed by atoms with Crippen molar-refractivity contribution in [3.05, 3.63) is 0 Å². The number of unbranched alkanes of at least 4 members (excludes halogenated alkanes) is 2. The Morgan fingerprint density at radius 2 is 1.40 bits per heavy atom. The van der Waals surface area contributed by atoms with E-state index in [9.17, 15) is 5.11 Å². The van der Waals surface area contributed by atoms with E-state index >= 15 is 0 Å². The number of aliphatic hydroxyl groups is 1. The molecular weight excluding hydrogens is 246 g/mol. The van der Waals surface area contributed by atoms with Crippen molar-refractivity contribution in [1.29, 1.82) is 0 Å². The monoisotopic (exact) mass is 285 g/mol. The van der Waals surface area contributed by atoms with Gasteiger partial charge in [-0.15, -0.1) is 0 Å². The van der Waals surface area contributed by atoms with Crippen molar-refractivity contribution in [3.63, 3.8) is 0 Å². The minimum absolute atomic E-state index is 0.0834. The maximum Gasteiger partial charge on any atom is 0.0540 e. The van der Waals surface area contributed by atoms with E-state index in [4.69, 9.17) is 0 Å². The maximum atomic E-state index is 9.94. The van der Waals surface area contributed by atoms with Crippen LogP contribution in [-0.2, 0) is 0 Å². The molecule has 0 aromatic rings. The van der Waals surface area contributed by atoms with E-state index in [1.807, 2.05) is 0 Å². The van der Waals surface area contributed by atoms with Crippen molar-refractivity contribution in [1.82, 2.24) is 5.32 Å². The molecule has 2 heteroatoms. The van der Waals surface area contributed by atoms with E-state index in [1.165, 1.54) is 19.3 Å². The molecule has 0 unspecified atom stereocenters. The lowest BCUT2D eigenvalue weighted by atomic mass is 9.89. The van der Waals surface area contributed by atoms with Gasteiger partial charge in [0.05, 0.1) is 6.10 Å². The maximum absolute atomic E-state index is 9.94. The van der Waals surface area contributed by atoms with Gasteiger partial charge in [-0.25, -0.2) is 0 Å². The molecule has 0 spiro atoms. The summed E-state index contributed by atoms with van der Waals surface area (Å²) in [4.78, 5) is 0. The van der Waals surface area contributed by atoms with Crippen molar-refractivity contribution in [2.75, 3.05) is 13.1 Å². The largest absolute Gasteiger partial charge is 0.393 e. The van der Waals surface area contributed by atoms with Crippen LogP contribution < -0.4 is 5.32 Å². The molecule has 0 aliphatic rings. The summed E-state index contributed by atoms with van der Waals surface area (Å²) in [5, 5.41) is 13.4. The van der Waals surface area contributed by atoms with Crippen LogP contribution in [0.2, 0.25) is 0 Å². The zero-order valence-electron chi connectivity index (χ0n) is 14.9.